The Morgan fingerprint density at radius 1 is 1.56 bits per heavy atom. The van der Waals surface area contributed by atoms with Crippen LogP contribution in [-0.2, 0) is 9.53 Å². The third-order valence-electron chi connectivity index (χ3n) is 3.86. The molecule has 1 unspecified atom stereocenters. The average molecular weight is 353 g/mol. The van der Waals surface area contributed by atoms with Gasteiger partial charge in [0.2, 0.25) is 0 Å². The molecule has 0 bridgehead atoms. The highest BCUT2D eigenvalue weighted by Gasteiger charge is 2.29. The zero-order valence-corrected chi connectivity index (χ0v) is 14.4. The normalized spacial score (nSPS) is 17.6. The first-order valence-corrected chi connectivity index (χ1v) is 8.09. The van der Waals surface area contributed by atoms with E-state index in [0.29, 0.717) is 38.5 Å². The summed E-state index contributed by atoms with van der Waals surface area (Å²) in [6.45, 7) is 3.86. The lowest BCUT2D eigenvalue weighted by molar-refractivity contribution is -0.385. The summed E-state index contributed by atoms with van der Waals surface area (Å²) in [7, 11) is 1.70. The maximum atomic E-state index is 11.5. The fourth-order valence-electron chi connectivity index (χ4n) is 2.91. The first-order chi connectivity index (χ1) is 11.9. The molecular weight excluding hydrogens is 330 g/mol. The quantitative estimate of drug-likeness (QED) is 0.549. The van der Waals surface area contributed by atoms with Gasteiger partial charge in [-0.25, -0.2) is 0 Å². The lowest BCUT2D eigenvalue weighted by atomic mass is 10.2. The van der Waals surface area contributed by atoms with Crippen LogP contribution in [-0.4, -0.2) is 73.4 Å². The standard InChI is InChI=1S/C16H23N3O6/c1-3-24-14-6-4-5-13(16(14)19(22)23)18-7-8-25-12(10-18)9-17(2)11-15(20)21/h4-6,12H,3,7-11H2,1-2H3,(H,20,21). The van der Waals surface area contributed by atoms with E-state index in [-0.39, 0.29) is 24.1 Å². The van der Waals surface area contributed by atoms with E-state index in [9.17, 15) is 14.9 Å². The van der Waals surface area contributed by atoms with E-state index < -0.39 is 10.9 Å². The minimum atomic E-state index is -0.907. The predicted octanol–water partition coefficient (Wildman–Crippen LogP) is 1.22. The van der Waals surface area contributed by atoms with Crippen molar-refractivity contribution < 1.29 is 24.3 Å². The monoisotopic (exact) mass is 353 g/mol. The molecule has 2 rings (SSSR count). The lowest BCUT2D eigenvalue weighted by Gasteiger charge is -2.35. The molecule has 1 fully saturated rings. The van der Waals surface area contributed by atoms with E-state index in [1.54, 1.807) is 37.1 Å². The molecule has 1 atom stereocenters. The molecule has 1 aliphatic rings. The van der Waals surface area contributed by atoms with E-state index in [1.165, 1.54) is 0 Å². The third-order valence-corrected chi connectivity index (χ3v) is 3.86. The van der Waals surface area contributed by atoms with Crippen LogP contribution in [0.25, 0.3) is 0 Å². The van der Waals surface area contributed by atoms with Crippen molar-refractivity contribution in [2.24, 2.45) is 0 Å². The average Bonchev–Trinajstić information content (AvgIpc) is 2.54. The summed E-state index contributed by atoms with van der Waals surface area (Å²) >= 11 is 0. The first-order valence-electron chi connectivity index (χ1n) is 8.09. The number of morpholine rings is 1. The molecule has 9 nitrogen and oxygen atoms in total. The van der Waals surface area contributed by atoms with Gasteiger partial charge in [-0.05, 0) is 26.1 Å². The fraction of sp³-hybridized carbons (Fsp3) is 0.562. The molecule has 25 heavy (non-hydrogen) atoms. The molecule has 0 aromatic heterocycles. The van der Waals surface area contributed by atoms with Gasteiger partial charge in [0.15, 0.2) is 5.75 Å². The Balaban J connectivity index is 2.16. The predicted molar refractivity (Wildman–Crippen MR) is 91.4 cm³/mol. The van der Waals surface area contributed by atoms with E-state index in [1.807, 2.05) is 4.90 Å². The highest BCUT2D eigenvalue weighted by Crippen LogP contribution is 2.37. The van der Waals surface area contributed by atoms with Crippen LogP contribution in [0.2, 0.25) is 0 Å². The summed E-state index contributed by atoms with van der Waals surface area (Å²) < 4.78 is 11.1. The number of aliphatic carboxylic acids is 1. The smallest absolute Gasteiger partial charge is 0.333 e. The highest BCUT2D eigenvalue weighted by atomic mass is 16.6. The summed E-state index contributed by atoms with van der Waals surface area (Å²) in [4.78, 5) is 25.4. The zero-order chi connectivity index (χ0) is 18.4. The number of carbonyl (C=O) groups is 1. The number of nitrogens with zero attached hydrogens (tertiary/aromatic N) is 3. The number of benzene rings is 1. The van der Waals surface area contributed by atoms with E-state index >= 15 is 0 Å². The second-order valence-electron chi connectivity index (χ2n) is 5.84. The van der Waals surface area contributed by atoms with Gasteiger partial charge in [-0.3, -0.25) is 19.8 Å². The van der Waals surface area contributed by atoms with Crippen LogP contribution in [0.5, 0.6) is 5.75 Å². The van der Waals surface area contributed by atoms with Crippen molar-refractivity contribution in [3.63, 3.8) is 0 Å². The number of ether oxygens (including phenoxy) is 2. The molecule has 0 saturated carbocycles. The number of nitro benzene ring substituents is 1. The topological polar surface area (TPSA) is 105 Å². The molecule has 0 spiro atoms. The van der Waals surface area contributed by atoms with Gasteiger partial charge in [0.05, 0.1) is 30.8 Å². The van der Waals surface area contributed by atoms with Crippen molar-refractivity contribution >= 4 is 17.3 Å². The van der Waals surface area contributed by atoms with Crippen molar-refractivity contribution in [1.82, 2.24) is 4.90 Å². The van der Waals surface area contributed by atoms with Crippen LogP contribution in [0.3, 0.4) is 0 Å². The number of hydrogen-bond acceptors (Lipinski definition) is 7. The van der Waals surface area contributed by atoms with Gasteiger partial charge in [0.25, 0.3) is 0 Å². The number of carboxylic acid groups (broad SMARTS) is 1. The largest absolute Gasteiger partial charge is 0.487 e. The Hall–Kier alpha value is -2.39. The molecule has 1 aromatic rings. The lowest BCUT2D eigenvalue weighted by Crippen LogP contribution is -2.47. The molecule has 1 aliphatic heterocycles. The van der Waals surface area contributed by atoms with Crippen LogP contribution >= 0.6 is 0 Å². The van der Waals surface area contributed by atoms with Crippen molar-refractivity contribution in [1.29, 1.82) is 0 Å². The highest BCUT2D eigenvalue weighted by molar-refractivity contribution is 5.70. The number of nitro groups is 1. The molecule has 1 heterocycles. The second-order valence-corrected chi connectivity index (χ2v) is 5.84. The van der Waals surface area contributed by atoms with Crippen LogP contribution in [0.1, 0.15) is 6.92 Å². The van der Waals surface area contributed by atoms with Crippen LogP contribution in [0.15, 0.2) is 18.2 Å². The third kappa shape index (κ3) is 5.04. The molecular formula is C16H23N3O6. The summed E-state index contributed by atoms with van der Waals surface area (Å²) in [5.74, 6) is -0.661. The van der Waals surface area contributed by atoms with E-state index in [4.69, 9.17) is 14.6 Å². The first kappa shape index (κ1) is 18.9. The summed E-state index contributed by atoms with van der Waals surface area (Å²) in [6.07, 6.45) is -0.228. The Morgan fingerprint density at radius 3 is 2.96 bits per heavy atom. The number of anilines is 1. The molecule has 138 valence electrons. The molecule has 0 amide bonds. The molecule has 9 heteroatoms. The van der Waals surface area contributed by atoms with Crippen molar-refractivity contribution in [2.45, 2.75) is 13.0 Å². The SMILES string of the molecule is CCOc1cccc(N2CCOC(CN(C)CC(=O)O)C2)c1[N+](=O)[O-]. The Bertz CT molecular complexity index is 624. The maximum absolute atomic E-state index is 11.5. The van der Waals surface area contributed by atoms with Crippen molar-refractivity contribution in [2.75, 3.05) is 51.3 Å². The summed E-state index contributed by atoms with van der Waals surface area (Å²) in [5, 5.41) is 20.4. The Kier molecular flexibility index (Phi) is 6.54. The van der Waals surface area contributed by atoms with Crippen LogP contribution < -0.4 is 9.64 Å². The number of rotatable bonds is 8. The molecule has 1 aromatic carbocycles. The Labute approximate surface area is 145 Å². The van der Waals surface area contributed by atoms with E-state index in [2.05, 4.69) is 0 Å². The minimum absolute atomic E-state index is 0.0520. The number of para-hydroxylation sites is 1. The second kappa shape index (κ2) is 8.63. The Morgan fingerprint density at radius 2 is 2.32 bits per heavy atom. The van der Waals surface area contributed by atoms with Crippen LogP contribution in [0.4, 0.5) is 11.4 Å². The van der Waals surface area contributed by atoms with Gasteiger partial charge in [0, 0.05) is 19.6 Å². The molecule has 0 radical (unpaired) electrons. The fourth-order valence-corrected chi connectivity index (χ4v) is 2.91. The number of carboxylic acids is 1. The van der Waals surface area contributed by atoms with Gasteiger partial charge in [-0.1, -0.05) is 6.07 Å². The van der Waals surface area contributed by atoms with Crippen molar-refractivity contribution in [3.8, 4) is 5.75 Å². The molecule has 1 saturated heterocycles. The maximum Gasteiger partial charge on any atom is 0.333 e. The minimum Gasteiger partial charge on any atom is -0.487 e. The van der Waals surface area contributed by atoms with Gasteiger partial charge >= 0.3 is 11.7 Å². The number of hydrogen-bond donors (Lipinski definition) is 1. The van der Waals surface area contributed by atoms with Gasteiger partial charge in [-0.2, -0.15) is 0 Å². The molecule has 1 N–H and O–H groups in total. The van der Waals surface area contributed by atoms with Gasteiger partial charge in [0.1, 0.15) is 5.69 Å². The summed E-state index contributed by atoms with van der Waals surface area (Å²) in [6, 6.07) is 5.02. The van der Waals surface area contributed by atoms with Gasteiger partial charge in [-0.15, -0.1) is 0 Å². The van der Waals surface area contributed by atoms with Crippen LogP contribution in [0, 0.1) is 10.1 Å². The summed E-state index contributed by atoms with van der Waals surface area (Å²) in [5.41, 5.74) is 0.439. The molecule has 0 aliphatic carbocycles. The van der Waals surface area contributed by atoms with Gasteiger partial charge < -0.3 is 19.5 Å². The number of likely N-dealkylation sites (N-methyl/N-ethyl adjacent to an activating group) is 1. The zero-order valence-electron chi connectivity index (χ0n) is 14.4. The van der Waals surface area contributed by atoms with Crippen molar-refractivity contribution in [3.05, 3.63) is 28.3 Å². The van der Waals surface area contributed by atoms with E-state index in [0.717, 1.165) is 0 Å².